The van der Waals surface area contributed by atoms with Crippen molar-refractivity contribution < 1.29 is 14.7 Å². The standard InChI is InChI=1S/C21H24BrN3O3/c1-23-9-11-24(12-10-23)21(28)25(19-4-2-3-18(22)13-19)14-16-5-7-17(8-6-16)20(27)15-26/h2-8,13,26H,9-12,14-15H2,1H3. The Balaban J connectivity index is 1.84. The third-order valence-corrected chi connectivity index (χ3v) is 5.38. The minimum Gasteiger partial charge on any atom is -0.388 e. The molecule has 0 aliphatic carbocycles. The van der Waals surface area contributed by atoms with E-state index in [0.717, 1.165) is 28.8 Å². The Morgan fingerprint density at radius 3 is 2.36 bits per heavy atom. The third kappa shape index (κ3) is 4.98. The molecule has 0 saturated carbocycles. The van der Waals surface area contributed by atoms with Crippen molar-refractivity contribution in [2.45, 2.75) is 6.54 Å². The Hall–Kier alpha value is -2.22. The number of hydrogen-bond donors (Lipinski definition) is 1. The van der Waals surface area contributed by atoms with Gasteiger partial charge in [-0.1, -0.05) is 46.3 Å². The van der Waals surface area contributed by atoms with Gasteiger partial charge in [0.25, 0.3) is 0 Å². The fraction of sp³-hybridized carbons (Fsp3) is 0.333. The topological polar surface area (TPSA) is 64.1 Å². The summed E-state index contributed by atoms with van der Waals surface area (Å²) in [5.74, 6) is -0.316. The van der Waals surface area contributed by atoms with Crippen molar-refractivity contribution >= 4 is 33.4 Å². The van der Waals surface area contributed by atoms with Gasteiger partial charge in [0.1, 0.15) is 6.61 Å². The van der Waals surface area contributed by atoms with Crippen molar-refractivity contribution in [3.05, 3.63) is 64.1 Å². The van der Waals surface area contributed by atoms with Gasteiger partial charge in [-0.2, -0.15) is 0 Å². The van der Waals surface area contributed by atoms with E-state index in [9.17, 15) is 9.59 Å². The van der Waals surface area contributed by atoms with Crippen LogP contribution in [0.15, 0.2) is 53.0 Å². The summed E-state index contributed by atoms with van der Waals surface area (Å²) in [4.78, 5) is 30.7. The van der Waals surface area contributed by atoms with Gasteiger partial charge in [0.15, 0.2) is 5.78 Å². The van der Waals surface area contributed by atoms with Gasteiger partial charge in [-0.3, -0.25) is 9.69 Å². The van der Waals surface area contributed by atoms with E-state index in [1.807, 2.05) is 41.3 Å². The summed E-state index contributed by atoms with van der Waals surface area (Å²) < 4.78 is 0.907. The summed E-state index contributed by atoms with van der Waals surface area (Å²) in [5, 5.41) is 9.00. The number of halogens is 1. The smallest absolute Gasteiger partial charge is 0.324 e. The van der Waals surface area contributed by atoms with Crippen LogP contribution >= 0.6 is 15.9 Å². The lowest BCUT2D eigenvalue weighted by molar-refractivity contribution is 0.0903. The first-order valence-corrected chi connectivity index (χ1v) is 10.0. The summed E-state index contributed by atoms with van der Waals surface area (Å²) in [5.41, 5.74) is 2.19. The molecule has 2 aromatic carbocycles. The minimum absolute atomic E-state index is 0.0262. The predicted molar refractivity (Wildman–Crippen MR) is 113 cm³/mol. The van der Waals surface area contributed by atoms with Crippen LogP contribution in [0.1, 0.15) is 15.9 Å². The summed E-state index contributed by atoms with van der Waals surface area (Å²) in [6.07, 6.45) is 0. The van der Waals surface area contributed by atoms with Crippen molar-refractivity contribution in [3.63, 3.8) is 0 Å². The Kier molecular flexibility index (Phi) is 6.83. The maximum absolute atomic E-state index is 13.3. The van der Waals surface area contributed by atoms with Crippen molar-refractivity contribution in [1.29, 1.82) is 0 Å². The third-order valence-electron chi connectivity index (χ3n) is 4.88. The van der Waals surface area contributed by atoms with Gasteiger partial charge in [0, 0.05) is 41.9 Å². The zero-order valence-electron chi connectivity index (χ0n) is 15.8. The van der Waals surface area contributed by atoms with E-state index < -0.39 is 6.61 Å². The number of urea groups is 1. The minimum atomic E-state index is -0.509. The first-order chi connectivity index (χ1) is 13.5. The monoisotopic (exact) mass is 445 g/mol. The van der Waals surface area contributed by atoms with Crippen LogP contribution in [0, 0.1) is 0 Å². The van der Waals surface area contributed by atoms with Gasteiger partial charge in [0.05, 0.1) is 6.54 Å². The highest BCUT2D eigenvalue weighted by molar-refractivity contribution is 9.10. The molecule has 0 radical (unpaired) electrons. The number of aliphatic hydroxyl groups excluding tert-OH is 1. The summed E-state index contributed by atoms with van der Waals surface area (Å²) in [6.45, 7) is 3.00. The molecule has 0 bridgehead atoms. The van der Waals surface area contributed by atoms with Crippen LogP contribution in [-0.4, -0.2) is 66.6 Å². The molecule has 148 valence electrons. The number of rotatable bonds is 5. The molecule has 1 saturated heterocycles. The number of nitrogens with zero attached hydrogens (tertiary/aromatic N) is 3. The molecule has 1 fully saturated rings. The predicted octanol–water partition coefficient (Wildman–Crippen LogP) is 3.00. The molecule has 3 rings (SSSR count). The number of carbonyl (C=O) groups is 2. The van der Waals surface area contributed by atoms with E-state index in [2.05, 4.69) is 27.9 Å². The van der Waals surface area contributed by atoms with Gasteiger partial charge in [-0.15, -0.1) is 0 Å². The molecule has 1 heterocycles. The van der Waals surface area contributed by atoms with Crippen LogP contribution in [-0.2, 0) is 6.54 Å². The Labute approximate surface area is 173 Å². The second kappa shape index (κ2) is 9.32. The Morgan fingerprint density at radius 1 is 1.07 bits per heavy atom. The molecule has 0 unspecified atom stereocenters. The van der Waals surface area contributed by atoms with Crippen LogP contribution in [0.2, 0.25) is 0 Å². The first-order valence-electron chi connectivity index (χ1n) is 9.21. The Bertz CT molecular complexity index is 833. The lowest BCUT2D eigenvalue weighted by atomic mass is 10.1. The molecule has 1 aliphatic heterocycles. The molecule has 6 nitrogen and oxygen atoms in total. The number of hydrogen-bond acceptors (Lipinski definition) is 4. The normalized spacial score (nSPS) is 14.8. The van der Waals surface area contributed by atoms with Crippen LogP contribution in [0.5, 0.6) is 0 Å². The molecule has 7 heteroatoms. The molecule has 1 N–H and O–H groups in total. The van der Waals surface area contributed by atoms with Gasteiger partial charge in [0.2, 0.25) is 0 Å². The van der Waals surface area contributed by atoms with E-state index in [1.54, 1.807) is 17.0 Å². The number of aliphatic hydroxyl groups is 1. The van der Waals surface area contributed by atoms with Crippen LogP contribution in [0.4, 0.5) is 10.5 Å². The Morgan fingerprint density at radius 2 is 1.75 bits per heavy atom. The van der Waals surface area contributed by atoms with Crippen molar-refractivity contribution in [3.8, 4) is 0 Å². The number of anilines is 1. The number of ketones is 1. The number of amides is 2. The molecule has 28 heavy (non-hydrogen) atoms. The highest BCUT2D eigenvalue weighted by atomic mass is 79.9. The van der Waals surface area contributed by atoms with Gasteiger partial charge >= 0.3 is 6.03 Å². The van der Waals surface area contributed by atoms with E-state index in [-0.39, 0.29) is 11.8 Å². The van der Waals surface area contributed by atoms with Crippen molar-refractivity contribution in [1.82, 2.24) is 9.80 Å². The molecule has 0 atom stereocenters. The summed E-state index contributed by atoms with van der Waals surface area (Å²) >= 11 is 3.48. The van der Waals surface area contributed by atoms with Crippen LogP contribution in [0.3, 0.4) is 0 Å². The van der Waals surface area contributed by atoms with Crippen molar-refractivity contribution in [2.24, 2.45) is 0 Å². The van der Waals surface area contributed by atoms with Gasteiger partial charge < -0.3 is 14.9 Å². The second-order valence-electron chi connectivity index (χ2n) is 6.92. The molecule has 0 spiro atoms. The average molecular weight is 446 g/mol. The van der Waals surface area contributed by atoms with E-state index >= 15 is 0 Å². The highest BCUT2D eigenvalue weighted by Crippen LogP contribution is 2.24. The molecule has 2 aromatic rings. The summed E-state index contributed by atoms with van der Waals surface area (Å²) in [6, 6.07) is 14.7. The second-order valence-corrected chi connectivity index (χ2v) is 7.83. The fourth-order valence-corrected chi connectivity index (χ4v) is 3.54. The zero-order chi connectivity index (χ0) is 20.1. The quantitative estimate of drug-likeness (QED) is 0.718. The van der Waals surface area contributed by atoms with Crippen LogP contribution in [0.25, 0.3) is 0 Å². The molecule has 0 aromatic heterocycles. The largest absolute Gasteiger partial charge is 0.388 e. The highest BCUT2D eigenvalue weighted by Gasteiger charge is 2.25. The molecular formula is C21H24BrN3O3. The number of piperazine rings is 1. The van der Waals surface area contributed by atoms with Gasteiger partial charge in [-0.25, -0.2) is 4.79 Å². The molecule has 2 amide bonds. The fourth-order valence-electron chi connectivity index (χ4n) is 3.15. The molecule has 1 aliphatic rings. The van der Waals surface area contributed by atoms with Gasteiger partial charge in [-0.05, 0) is 30.8 Å². The number of benzene rings is 2. The number of Topliss-reactive ketones (excluding diaryl/α,β-unsaturated/α-hetero) is 1. The average Bonchev–Trinajstić information content (AvgIpc) is 2.72. The maximum Gasteiger partial charge on any atom is 0.324 e. The lowest BCUT2D eigenvalue weighted by Gasteiger charge is -2.36. The maximum atomic E-state index is 13.3. The molecular weight excluding hydrogens is 422 g/mol. The van der Waals surface area contributed by atoms with E-state index in [1.165, 1.54) is 0 Å². The summed E-state index contributed by atoms with van der Waals surface area (Å²) in [7, 11) is 2.06. The number of carbonyl (C=O) groups excluding carboxylic acids is 2. The van der Waals surface area contributed by atoms with Crippen molar-refractivity contribution in [2.75, 3.05) is 44.7 Å². The SMILES string of the molecule is CN1CCN(C(=O)N(Cc2ccc(C(=O)CO)cc2)c2cccc(Br)c2)CC1. The zero-order valence-corrected chi connectivity index (χ0v) is 17.4. The van der Waals surface area contributed by atoms with E-state index in [0.29, 0.717) is 25.2 Å². The van der Waals surface area contributed by atoms with Crippen LogP contribution < -0.4 is 4.90 Å². The lowest BCUT2D eigenvalue weighted by Crippen LogP contribution is -2.51. The first kappa shape index (κ1) is 20.5. The number of likely N-dealkylation sites (N-methyl/N-ethyl adjacent to an activating group) is 1. The van der Waals surface area contributed by atoms with E-state index in [4.69, 9.17) is 5.11 Å².